The normalized spacial score (nSPS) is 10.8. The average Bonchev–Trinajstić information content (AvgIpc) is 3.28. The summed E-state index contributed by atoms with van der Waals surface area (Å²) in [5.41, 5.74) is 1.59. The van der Waals surface area contributed by atoms with E-state index in [1.54, 1.807) is 6.26 Å². The molecule has 1 amide bonds. The van der Waals surface area contributed by atoms with Crippen LogP contribution in [0.1, 0.15) is 26.0 Å². The summed E-state index contributed by atoms with van der Waals surface area (Å²) in [5.74, 6) is 2.33. The van der Waals surface area contributed by atoms with Crippen molar-refractivity contribution in [1.82, 2.24) is 14.8 Å². The van der Waals surface area contributed by atoms with Gasteiger partial charge in [-0.05, 0) is 38.5 Å². The third-order valence-electron chi connectivity index (χ3n) is 4.06. The molecule has 0 fully saturated rings. The smallest absolute Gasteiger partial charge is 0.234 e. The Kier molecular flexibility index (Phi) is 6.76. The Bertz CT molecular complexity index is 935. The number of benzene rings is 1. The highest BCUT2D eigenvalue weighted by Gasteiger charge is 2.18. The van der Waals surface area contributed by atoms with Crippen molar-refractivity contribution >= 4 is 23.4 Å². The van der Waals surface area contributed by atoms with Crippen molar-refractivity contribution in [3.05, 3.63) is 42.4 Å². The number of thioether (sulfide) groups is 1. The molecule has 148 valence electrons. The monoisotopic (exact) mass is 400 g/mol. The first kappa shape index (κ1) is 20.0. The van der Waals surface area contributed by atoms with Crippen molar-refractivity contribution in [3.63, 3.8) is 0 Å². The van der Waals surface area contributed by atoms with E-state index >= 15 is 0 Å². The molecule has 8 heteroatoms. The fourth-order valence-corrected chi connectivity index (χ4v) is 3.57. The van der Waals surface area contributed by atoms with Crippen LogP contribution < -0.4 is 10.1 Å². The Balaban J connectivity index is 1.70. The van der Waals surface area contributed by atoms with Crippen LogP contribution in [0.15, 0.2) is 46.2 Å². The number of rotatable bonds is 9. The topological polar surface area (TPSA) is 82.2 Å². The van der Waals surface area contributed by atoms with Gasteiger partial charge in [-0.25, -0.2) is 0 Å². The third kappa shape index (κ3) is 4.56. The number of ether oxygens (including phenoxy) is 1. The number of carbonyl (C=O) groups excluding carboxylic acids is 1. The Hall–Kier alpha value is -2.74. The van der Waals surface area contributed by atoms with E-state index in [2.05, 4.69) is 22.4 Å². The van der Waals surface area contributed by atoms with Crippen LogP contribution in [0.4, 0.5) is 5.69 Å². The summed E-state index contributed by atoms with van der Waals surface area (Å²) in [6.45, 7) is 7.21. The van der Waals surface area contributed by atoms with Crippen LogP contribution in [-0.2, 0) is 11.3 Å². The third-order valence-corrected chi connectivity index (χ3v) is 5.02. The predicted octanol–water partition coefficient (Wildman–Crippen LogP) is 4.39. The number of nitrogens with zero attached hydrogens (tertiary/aromatic N) is 3. The highest BCUT2D eigenvalue weighted by Crippen LogP contribution is 2.28. The first-order chi connectivity index (χ1) is 13.6. The number of aryl methyl sites for hydroxylation is 1. The van der Waals surface area contributed by atoms with Gasteiger partial charge in [0.25, 0.3) is 0 Å². The number of hydrogen-bond acceptors (Lipinski definition) is 6. The zero-order chi connectivity index (χ0) is 19.9. The highest BCUT2D eigenvalue weighted by atomic mass is 32.2. The van der Waals surface area contributed by atoms with Crippen molar-refractivity contribution in [3.8, 4) is 17.1 Å². The molecule has 0 saturated carbocycles. The highest BCUT2D eigenvalue weighted by molar-refractivity contribution is 7.99. The van der Waals surface area contributed by atoms with Crippen LogP contribution in [0.5, 0.6) is 5.75 Å². The van der Waals surface area contributed by atoms with Gasteiger partial charge in [0.05, 0.1) is 29.9 Å². The van der Waals surface area contributed by atoms with Gasteiger partial charge in [0.15, 0.2) is 11.0 Å². The summed E-state index contributed by atoms with van der Waals surface area (Å²) in [4.78, 5) is 12.4. The molecule has 0 bridgehead atoms. The van der Waals surface area contributed by atoms with Crippen LogP contribution in [0.3, 0.4) is 0 Å². The van der Waals surface area contributed by atoms with E-state index < -0.39 is 0 Å². The van der Waals surface area contributed by atoms with Gasteiger partial charge >= 0.3 is 0 Å². The molecule has 2 heterocycles. The Labute approximate surface area is 168 Å². The molecule has 28 heavy (non-hydrogen) atoms. The molecule has 1 N–H and O–H groups in total. The standard InChI is InChI=1S/C20H24N4O3S/c1-4-11-24-19(15-10-12-27-14(15)3)22-23-20(24)28-13-18(25)21-16-8-6-7-9-17(16)26-5-2/h6-10,12H,4-5,11,13H2,1-3H3,(H,21,25). The second-order valence-electron chi connectivity index (χ2n) is 6.11. The maximum atomic E-state index is 12.4. The lowest BCUT2D eigenvalue weighted by Gasteiger charge is -2.11. The molecule has 0 saturated heterocycles. The molecular formula is C20H24N4O3S. The maximum Gasteiger partial charge on any atom is 0.234 e. The van der Waals surface area contributed by atoms with E-state index in [1.165, 1.54) is 11.8 Å². The van der Waals surface area contributed by atoms with Crippen LogP contribution >= 0.6 is 11.8 Å². The molecule has 0 aliphatic rings. The summed E-state index contributed by atoms with van der Waals surface area (Å²) in [6.07, 6.45) is 2.58. The molecule has 2 aromatic heterocycles. The SMILES string of the molecule is CCCn1c(SCC(=O)Nc2ccccc2OCC)nnc1-c1ccoc1C. The molecule has 0 aliphatic carbocycles. The second-order valence-corrected chi connectivity index (χ2v) is 7.06. The van der Waals surface area contributed by atoms with Gasteiger partial charge in [0, 0.05) is 6.54 Å². The zero-order valence-corrected chi connectivity index (χ0v) is 17.1. The number of aromatic nitrogens is 3. The maximum absolute atomic E-state index is 12.4. The van der Waals surface area contributed by atoms with E-state index in [4.69, 9.17) is 9.15 Å². The molecule has 3 rings (SSSR count). The van der Waals surface area contributed by atoms with Gasteiger partial charge in [-0.1, -0.05) is 30.8 Å². The van der Waals surface area contributed by atoms with E-state index in [9.17, 15) is 4.79 Å². The van der Waals surface area contributed by atoms with E-state index in [-0.39, 0.29) is 11.7 Å². The van der Waals surface area contributed by atoms with Gasteiger partial charge in [-0.2, -0.15) is 0 Å². The quantitative estimate of drug-likeness (QED) is 0.537. The van der Waals surface area contributed by atoms with Crippen LogP contribution in [0.2, 0.25) is 0 Å². The molecule has 0 radical (unpaired) electrons. The number of amides is 1. The van der Waals surface area contributed by atoms with Crippen LogP contribution in [0.25, 0.3) is 11.4 Å². The van der Waals surface area contributed by atoms with E-state index in [0.717, 1.165) is 30.1 Å². The minimum absolute atomic E-state index is 0.121. The molecule has 1 aromatic carbocycles. The van der Waals surface area contributed by atoms with Crippen molar-refractivity contribution in [2.45, 2.75) is 38.9 Å². The van der Waals surface area contributed by atoms with Crippen LogP contribution in [-0.4, -0.2) is 33.0 Å². The first-order valence-corrected chi connectivity index (χ1v) is 10.2. The summed E-state index contributed by atoms with van der Waals surface area (Å²) < 4.78 is 13.0. The van der Waals surface area contributed by atoms with E-state index in [1.807, 2.05) is 48.7 Å². The van der Waals surface area contributed by atoms with Crippen molar-refractivity contribution in [2.24, 2.45) is 0 Å². The average molecular weight is 401 g/mol. The van der Waals surface area contributed by atoms with Gasteiger partial charge in [-0.15, -0.1) is 10.2 Å². The molecule has 3 aromatic rings. The number of hydrogen-bond donors (Lipinski definition) is 1. The van der Waals surface area contributed by atoms with Gasteiger partial charge in [0.2, 0.25) is 5.91 Å². The van der Waals surface area contributed by atoms with E-state index in [0.29, 0.717) is 23.2 Å². The number of nitrogens with one attached hydrogen (secondary N) is 1. The minimum Gasteiger partial charge on any atom is -0.492 e. The van der Waals surface area contributed by atoms with Crippen LogP contribution in [0, 0.1) is 6.92 Å². The summed E-state index contributed by atoms with van der Waals surface area (Å²) in [5, 5.41) is 12.2. The summed E-state index contributed by atoms with van der Waals surface area (Å²) in [6, 6.07) is 9.29. The fraction of sp³-hybridized carbons (Fsp3) is 0.350. The van der Waals surface area contributed by atoms with Gasteiger partial charge in [0.1, 0.15) is 11.5 Å². The largest absolute Gasteiger partial charge is 0.492 e. The summed E-state index contributed by atoms with van der Waals surface area (Å²) in [7, 11) is 0. The van der Waals surface area contributed by atoms with Gasteiger partial charge < -0.3 is 19.0 Å². The molecule has 0 unspecified atom stereocenters. The lowest BCUT2D eigenvalue weighted by molar-refractivity contribution is -0.113. The molecule has 7 nitrogen and oxygen atoms in total. The number of carbonyl (C=O) groups is 1. The Morgan fingerprint density at radius 3 is 2.79 bits per heavy atom. The lowest BCUT2D eigenvalue weighted by atomic mass is 10.2. The fourth-order valence-electron chi connectivity index (χ4n) is 2.80. The molecule has 0 aliphatic heterocycles. The summed E-state index contributed by atoms with van der Waals surface area (Å²) >= 11 is 1.36. The number of anilines is 1. The molecule has 0 atom stereocenters. The number of furan rings is 1. The Morgan fingerprint density at radius 1 is 1.25 bits per heavy atom. The molecular weight excluding hydrogens is 376 g/mol. The van der Waals surface area contributed by atoms with Gasteiger partial charge in [-0.3, -0.25) is 4.79 Å². The lowest BCUT2D eigenvalue weighted by Crippen LogP contribution is -2.15. The Morgan fingerprint density at radius 2 is 2.07 bits per heavy atom. The van der Waals surface area contributed by atoms with Crippen molar-refractivity contribution < 1.29 is 13.9 Å². The zero-order valence-electron chi connectivity index (χ0n) is 16.3. The molecule has 0 spiro atoms. The van der Waals surface area contributed by atoms with Crippen molar-refractivity contribution in [2.75, 3.05) is 17.7 Å². The first-order valence-electron chi connectivity index (χ1n) is 9.26. The second kappa shape index (κ2) is 9.45. The van der Waals surface area contributed by atoms with Crippen molar-refractivity contribution in [1.29, 1.82) is 0 Å². The predicted molar refractivity (Wildman–Crippen MR) is 110 cm³/mol. The minimum atomic E-state index is -0.121. The number of para-hydroxylation sites is 2.